The van der Waals surface area contributed by atoms with Gasteiger partial charge in [-0.25, -0.2) is 0 Å². The largest absolute Gasteiger partial charge is 0.494 e. The second-order valence-electron chi connectivity index (χ2n) is 4.07. The van der Waals surface area contributed by atoms with Gasteiger partial charge in [0.25, 0.3) is 0 Å². The summed E-state index contributed by atoms with van der Waals surface area (Å²) < 4.78 is 11.1. The van der Waals surface area contributed by atoms with Gasteiger partial charge in [0.1, 0.15) is 11.5 Å². The molecule has 19 heavy (non-hydrogen) atoms. The normalized spacial score (nSPS) is 10.2. The fourth-order valence-corrected chi connectivity index (χ4v) is 1.85. The van der Waals surface area contributed by atoms with Gasteiger partial charge in [-0.05, 0) is 38.1 Å². The molecule has 2 aromatic rings. The predicted molar refractivity (Wildman–Crippen MR) is 76.9 cm³/mol. The third kappa shape index (κ3) is 3.68. The van der Waals surface area contributed by atoms with Gasteiger partial charge in [-0.2, -0.15) is 0 Å². The minimum absolute atomic E-state index is 0.644. The van der Waals surface area contributed by atoms with Crippen LogP contribution in [0.15, 0.2) is 36.5 Å². The quantitative estimate of drug-likeness (QED) is 0.801. The lowest BCUT2D eigenvalue weighted by Gasteiger charge is -2.14. The molecule has 0 saturated heterocycles. The molecule has 1 heterocycles. The van der Waals surface area contributed by atoms with E-state index in [9.17, 15) is 0 Å². The van der Waals surface area contributed by atoms with Crippen LogP contribution in [0.5, 0.6) is 11.5 Å². The van der Waals surface area contributed by atoms with Gasteiger partial charge in [0.2, 0.25) is 0 Å². The molecule has 0 spiro atoms. The SMILES string of the molecule is CCOc1ccc(OCC)c(NCc2ccc[nH]2)c1. The first-order chi connectivity index (χ1) is 9.33. The molecular formula is C15H20N2O2. The molecule has 0 fully saturated rings. The number of hydrogen-bond donors (Lipinski definition) is 2. The average molecular weight is 260 g/mol. The highest BCUT2D eigenvalue weighted by Gasteiger charge is 2.06. The van der Waals surface area contributed by atoms with E-state index in [1.54, 1.807) is 0 Å². The molecule has 0 atom stereocenters. The Hall–Kier alpha value is -2.10. The van der Waals surface area contributed by atoms with E-state index in [1.165, 1.54) is 0 Å². The number of nitrogens with one attached hydrogen (secondary N) is 2. The number of hydrogen-bond acceptors (Lipinski definition) is 3. The van der Waals surface area contributed by atoms with E-state index in [4.69, 9.17) is 9.47 Å². The van der Waals surface area contributed by atoms with Crippen LogP contribution < -0.4 is 14.8 Å². The average Bonchev–Trinajstić information content (AvgIpc) is 2.92. The maximum atomic E-state index is 5.61. The summed E-state index contributed by atoms with van der Waals surface area (Å²) in [6, 6.07) is 9.86. The number of H-pyrrole nitrogens is 1. The molecule has 4 heteroatoms. The van der Waals surface area contributed by atoms with Crippen LogP contribution in [0.2, 0.25) is 0 Å². The standard InChI is InChI=1S/C15H20N2O2/c1-3-18-13-7-8-15(19-4-2)14(10-13)17-11-12-6-5-9-16-12/h5-10,16-17H,3-4,11H2,1-2H3. The monoisotopic (exact) mass is 260 g/mol. The van der Waals surface area contributed by atoms with Crippen molar-refractivity contribution in [3.63, 3.8) is 0 Å². The molecule has 2 N–H and O–H groups in total. The Morgan fingerprint density at radius 2 is 1.95 bits per heavy atom. The third-order valence-electron chi connectivity index (χ3n) is 2.69. The first kappa shape index (κ1) is 13.3. The van der Waals surface area contributed by atoms with E-state index in [-0.39, 0.29) is 0 Å². The number of benzene rings is 1. The van der Waals surface area contributed by atoms with Crippen LogP contribution in [-0.4, -0.2) is 18.2 Å². The van der Waals surface area contributed by atoms with Crippen molar-refractivity contribution in [2.45, 2.75) is 20.4 Å². The summed E-state index contributed by atoms with van der Waals surface area (Å²) in [7, 11) is 0. The molecular weight excluding hydrogens is 240 g/mol. The zero-order valence-electron chi connectivity index (χ0n) is 11.4. The van der Waals surface area contributed by atoms with Crippen LogP contribution in [0, 0.1) is 0 Å². The summed E-state index contributed by atoms with van der Waals surface area (Å²) in [6.07, 6.45) is 1.91. The van der Waals surface area contributed by atoms with Crippen LogP contribution >= 0.6 is 0 Å². The lowest BCUT2D eigenvalue weighted by Crippen LogP contribution is -2.03. The van der Waals surface area contributed by atoms with Crippen LogP contribution in [0.4, 0.5) is 5.69 Å². The van der Waals surface area contributed by atoms with E-state index in [0.717, 1.165) is 29.4 Å². The summed E-state index contributed by atoms with van der Waals surface area (Å²) >= 11 is 0. The Labute approximate surface area is 113 Å². The summed E-state index contributed by atoms with van der Waals surface area (Å²) in [5.41, 5.74) is 2.08. The van der Waals surface area contributed by atoms with Gasteiger partial charge in [0.15, 0.2) is 0 Å². The number of aromatic nitrogens is 1. The van der Waals surface area contributed by atoms with Crippen LogP contribution in [-0.2, 0) is 6.54 Å². The van der Waals surface area contributed by atoms with E-state index in [0.29, 0.717) is 13.2 Å². The van der Waals surface area contributed by atoms with Gasteiger partial charge < -0.3 is 19.8 Å². The lowest BCUT2D eigenvalue weighted by molar-refractivity contribution is 0.332. The molecule has 2 rings (SSSR count). The molecule has 4 nitrogen and oxygen atoms in total. The molecule has 102 valence electrons. The number of ether oxygens (including phenoxy) is 2. The lowest BCUT2D eigenvalue weighted by atomic mass is 10.2. The summed E-state index contributed by atoms with van der Waals surface area (Å²) in [6.45, 7) is 5.98. The molecule has 0 amide bonds. The fourth-order valence-electron chi connectivity index (χ4n) is 1.85. The Morgan fingerprint density at radius 3 is 2.63 bits per heavy atom. The van der Waals surface area contributed by atoms with Crippen molar-refractivity contribution in [3.05, 3.63) is 42.2 Å². The molecule has 0 aliphatic carbocycles. The van der Waals surface area contributed by atoms with Crippen LogP contribution in [0.25, 0.3) is 0 Å². The fraction of sp³-hybridized carbons (Fsp3) is 0.333. The zero-order chi connectivity index (χ0) is 13.5. The van der Waals surface area contributed by atoms with E-state index >= 15 is 0 Å². The third-order valence-corrected chi connectivity index (χ3v) is 2.69. The number of anilines is 1. The van der Waals surface area contributed by atoms with Gasteiger partial charge in [0.05, 0.1) is 25.4 Å². The molecule has 0 aliphatic heterocycles. The molecule has 0 bridgehead atoms. The molecule has 1 aromatic heterocycles. The first-order valence-electron chi connectivity index (χ1n) is 6.59. The summed E-state index contributed by atoms with van der Waals surface area (Å²) in [5, 5.41) is 3.36. The van der Waals surface area contributed by atoms with Gasteiger partial charge in [0, 0.05) is 18.0 Å². The van der Waals surface area contributed by atoms with E-state index in [1.807, 2.05) is 50.4 Å². The molecule has 0 aliphatic rings. The van der Waals surface area contributed by atoms with Gasteiger partial charge >= 0.3 is 0 Å². The van der Waals surface area contributed by atoms with Crippen molar-refractivity contribution in [1.29, 1.82) is 0 Å². The number of rotatable bonds is 7. The first-order valence-corrected chi connectivity index (χ1v) is 6.59. The van der Waals surface area contributed by atoms with Crippen LogP contribution in [0.3, 0.4) is 0 Å². The smallest absolute Gasteiger partial charge is 0.142 e. The van der Waals surface area contributed by atoms with E-state index in [2.05, 4.69) is 10.3 Å². The van der Waals surface area contributed by atoms with Gasteiger partial charge in [-0.15, -0.1) is 0 Å². The summed E-state index contributed by atoms with van der Waals surface area (Å²) in [5.74, 6) is 1.69. The van der Waals surface area contributed by atoms with Crippen molar-refractivity contribution in [3.8, 4) is 11.5 Å². The Bertz CT molecular complexity index is 495. The highest BCUT2D eigenvalue weighted by molar-refractivity contribution is 5.59. The van der Waals surface area contributed by atoms with Crippen molar-refractivity contribution in [2.24, 2.45) is 0 Å². The summed E-state index contributed by atoms with van der Waals surface area (Å²) in [4.78, 5) is 3.16. The van der Waals surface area contributed by atoms with Crippen molar-refractivity contribution in [2.75, 3.05) is 18.5 Å². The minimum atomic E-state index is 0.644. The molecule has 1 aromatic carbocycles. The Balaban J connectivity index is 2.11. The van der Waals surface area contributed by atoms with Crippen molar-refractivity contribution >= 4 is 5.69 Å². The van der Waals surface area contributed by atoms with Crippen molar-refractivity contribution < 1.29 is 9.47 Å². The Kier molecular flexibility index (Phi) is 4.72. The van der Waals surface area contributed by atoms with Gasteiger partial charge in [-0.3, -0.25) is 0 Å². The molecule has 0 unspecified atom stereocenters. The maximum absolute atomic E-state index is 5.61. The second kappa shape index (κ2) is 6.73. The predicted octanol–water partition coefficient (Wildman–Crippen LogP) is 3.42. The zero-order valence-corrected chi connectivity index (χ0v) is 11.4. The minimum Gasteiger partial charge on any atom is -0.494 e. The maximum Gasteiger partial charge on any atom is 0.142 e. The second-order valence-corrected chi connectivity index (χ2v) is 4.07. The molecule has 0 saturated carbocycles. The highest BCUT2D eigenvalue weighted by atomic mass is 16.5. The topological polar surface area (TPSA) is 46.3 Å². The van der Waals surface area contributed by atoms with Crippen molar-refractivity contribution in [1.82, 2.24) is 4.98 Å². The highest BCUT2D eigenvalue weighted by Crippen LogP contribution is 2.29. The van der Waals surface area contributed by atoms with Gasteiger partial charge in [-0.1, -0.05) is 0 Å². The van der Waals surface area contributed by atoms with E-state index < -0.39 is 0 Å². The Morgan fingerprint density at radius 1 is 1.11 bits per heavy atom. The van der Waals surface area contributed by atoms with Crippen LogP contribution in [0.1, 0.15) is 19.5 Å². The molecule has 0 radical (unpaired) electrons. The number of aromatic amines is 1.